The van der Waals surface area contributed by atoms with Gasteiger partial charge in [0.05, 0.1) is 5.75 Å². The van der Waals surface area contributed by atoms with Gasteiger partial charge in [0.2, 0.25) is 0 Å². The summed E-state index contributed by atoms with van der Waals surface area (Å²) in [5, 5.41) is 10.1. The SMILES string of the molecule is CC(CCS(C)(=O)=O)C(=O)[O-].[Na+]. The van der Waals surface area contributed by atoms with E-state index in [9.17, 15) is 18.3 Å². The van der Waals surface area contributed by atoms with Crippen LogP contribution in [-0.4, -0.2) is 26.4 Å². The number of carboxylic acid groups (broad SMARTS) is 1. The fourth-order valence-electron chi connectivity index (χ4n) is 0.509. The zero-order valence-corrected chi connectivity index (χ0v) is 10.3. The monoisotopic (exact) mass is 202 g/mol. The first-order valence-corrected chi connectivity index (χ1v) is 5.27. The molecule has 0 aromatic rings. The molecule has 0 bridgehead atoms. The van der Waals surface area contributed by atoms with Crippen molar-refractivity contribution in [2.24, 2.45) is 5.92 Å². The van der Waals surface area contributed by atoms with Gasteiger partial charge < -0.3 is 9.90 Å². The van der Waals surface area contributed by atoms with Gasteiger partial charge in [0.1, 0.15) is 9.84 Å². The van der Waals surface area contributed by atoms with Gasteiger partial charge in [-0.1, -0.05) is 6.92 Å². The minimum atomic E-state index is -3.04. The van der Waals surface area contributed by atoms with Crippen LogP contribution in [0.25, 0.3) is 0 Å². The van der Waals surface area contributed by atoms with E-state index < -0.39 is 21.7 Å². The van der Waals surface area contributed by atoms with Crippen molar-refractivity contribution in [3.63, 3.8) is 0 Å². The third-order valence-corrected chi connectivity index (χ3v) is 2.30. The summed E-state index contributed by atoms with van der Waals surface area (Å²) in [6.45, 7) is 1.43. The Labute approximate surface area is 94.6 Å². The zero-order valence-electron chi connectivity index (χ0n) is 7.53. The van der Waals surface area contributed by atoms with E-state index in [0.29, 0.717) is 0 Å². The Morgan fingerprint density at radius 2 is 1.92 bits per heavy atom. The summed E-state index contributed by atoms with van der Waals surface area (Å²) in [5.41, 5.74) is 0. The van der Waals surface area contributed by atoms with Crippen LogP contribution in [0.1, 0.15) is 13.3 Å². The van der Waals surface area contributed by atoms with Crippen molar-refractivity contribution in [1.29, 1.82) is 0 Å². The smallest absolute Gasteiger partial charge is 0.550 e. The fourth-order valence-corrected chi connectivity index (χ4v) is 1.29. The number of carboxylic acids is 1. The summed E-state index contributed by atoms with van der Waals surface area (Å²) < 4.78 is 21.1. The molecule has 66 valence electrons. The predicted molar refractivity (Wildman–Crippen MR) is 38.5 cm³/mol. The average Bonchev–Trinajstić information content (AvgIpc) is 1.80. The number of carbonyl (C=O) groups excluding carboxylic acids is 1. The van der Waals surface area contributed by atoms with E-state index in [1.807, 2.05) is 0 Å². The molecule has 0 amide bonds. The summed E-state index contributed by atoms with van der Waals surface area (Å²) in [6.07, 6.45) is 1.20. The molecule has 0 rings (SSSR count). The molecule has 0 aromatic carbocycles. The Morgan fingerprint density at radius 1 is 1.50 bits per heavy atom. The van der Waals surface area contributed by atoms with Crippen molar-refractivity contribution in [3.05, 3.63) is 0 Å². The predicted octanol–water partition coefficient (Wildman–Crippen LogP) is -4.19. The number of sulfone groups is 1. The molecular weight excluding hydrogens is 191 g/mol. The second-order valence-electron chi connectivity index (χ2n) is 2.64. The fraction of sp³-hybridized carbons (Fsp3) is 0.833. The third kappa shape index (κ3) is 8.52. The first-order chi connectivity index (χ1) is 4.83. The summed E-state index contributed by atoms with van der Waals surface area (Å²) >= 11 is 0. The maximum atomic E-state index is 10.5. The van der Waals surface area contributed by atoms with Gasteiger partial charge in [0.15, 0.2) is 0 Å². The van der Waals surface area contributed by atoms with Crippen molar-refractivity contribution in [1.82, 2.24) is 0 Å². The molecule has 0 aliphatic rings. The normalized spacial score (nSPS) is 13.2. The molecule has 0 saturated heterocycles. The van der Waals surface area contributed by atoms with E-state index in [1.165, 1.54) is 6.92 Å². The van der Waals surface area contributed by atoms with E-state index in [-0.39, 0.29) is 41.7 Å². The van der Waals surface area contributed by atoms with Crippen LogP contribution in [0, 0.1) is 5.92 Å². The Bertz CT molecular complexity index is 234. The minimum absolute atomic E-state index is 0. The Kier molecular flexibility index (Phi) is 7.41. The van der Waals surface area contributed by atoms with Crippen LogP contribution in [0.5, 0.6) is 0 Å². The molecule has 0 radical (unpaired) electrons. The summed E-state index contributed by atoms with van der Waals surface area (Å²) in [4.78, 5) is 10.1. The summed E-state index contributed by atoms with van der Waals surface area (Å²) in [7, 11) is -3.04. The van der Waals surface area contributed by atoms with Gasteiger partial charge in [0.25, 0.3) is 0 Å². The first kappa shape index (κ1) is 14.9. The first-order valence-electron chi connectivity index (χ1n) is 3.21. The van der Waals surface area contributed by atoms with Gasteiger partial charge in [-0.3, -0.25) is 0 Å². The van der Waals surface area contributed by atoms with Crippen LogP contribution >= 0.6 is 0 Å². The largest absolute Gasteiger partial charge is 1.00 e. The molecule has 4 nitrogen and oxygen atoms in total. The van der Waals surface area contributed by atoms with E-state index >= 15 is 0 Å². The molecule has 0 fully saturated rings. The van der Waals surface area contributed by atoms with Gasteiger partial charge in [-0.05, 0) is 12.3 Å². The van der Waals surface area contributed by atoms with Crippen LogP contribution in [0.3, 0.4) is 0 Å². The molecule has 0 spiro atoms. The van der Waals surface area contributed by atoms with Crippen molar-refractivity contribution in [3.8, 4) is 0 Å². The number of rotatable bonds is 4. The molecule has 0 aromatic heterocycles. The molecule has 1 atom stereocenters. The molecule has 6 heteroatoms. The minimum Gasteiger partial charge on any atom is -0.550 e. The van der Waals surface area contributed by atoms with Crippen LogP contribution < -0.4 is 34.7 Å². The Hall–Kier alpha value is 0.420. The van der Waals surface area contributed by atoms with Gasteiger partial charge in [-0.2, -0.15) is 0 Å². The van der Waals surface area contributed by atoms with Gasteiger partial charge >= 0.3 is 29.6 Å². The maximum absolute atomic E-state index is 10.5. The van der Waals surface area contributed by atoms with Crippen molar-refractivity contribution in [2.45, 2.75) is 13.3 Å². The van der Waals surface area contributed by atoms with Crippen LogP contribution in [0.2, 0.25) is 0 Å². The van der Waals surface area contributed by atoms with Crippen LogP contribution in [-0.2, 0) is 14.6 Å². The number of aliphatic carboxylic acids is 1. The molecule has 0 N–H and O–H groups in total. The van der Waals surface area contributed by atoms with Crippen LogP contribution in [0.4, 0.5) is 0 Å². The maximum Gasteiger partial charge on any atom is 1.00 e. The van der Waals surface area contributed by atoms with E-state index in [0.717, 1.165) is 6.26 Å². The van der Waals surface area contributed by atoms with E-state index in [2.05, 4.69) is 0 Å². The Balaban J connectivity index is 0. The van der Waals surface area contributed by atoms with E-state index in [1.54, 1.807) is 0 Å². The number of hydrogen-bond acceptors (Lipinski definition) is 4. The molecule has 1 unspecified atom stereocenters. The number of hydrogen-bond donors (Lipinski definition) is 0. The van der Waals surface area contributed by atoms with Crippen molar-refractivity contribution >= 4 is 15.8 Å². The molecule has 0 saturated carbocycles. The molecular formula is C6H11NaO4S. The van der Waals surface area contributed by atoms with Crippen molar-refractivity contribution in [2.75, 3.05) is 12.0 Å². The Morgan fingerprint density at radius 3 is 2.17 bits per heavy atom. The molecule has 0 aliphatic carbocycles. The quantitative estimate of drug-likeness (QED) is 0.433. The third-order valence-electron chi connectivity index (χ3n) is 1.32. The van der Waals surface area contributed by atoms with E-state index in [4.69, 9.17) is 0 Å². The average molecular weight is 202 g/mol. The molecule has 0 aliphatic heterocycles. The second-order valence-corrected chi connectivity index (χ2v) is 4.90. The molecule has 12 heavy (non-hydrogen) atoms. The summed E-state index contributed by atoms with van der Waals surface area (Å²) in [6, 6.07) is 0. The summed E-state index contributed by atoms with van der Waals surface area (Å²) in [5.74, 6) is -1.99. The second kappa shape index (κ2) is 5.96. The van der Waals surface area contributed by atoms with Gasteiger partial charge in [-0.25, -0.2) is 8.42 Å². The number of carbonyl (C=O) groups is 1. The zero-order chi connectivity index (χ0) is 9.07. The molecule has 0 heterocycles. The van der Waals surface area contributed by atoms with Gasteiger partial charge in [0, 0.05) is 12.2 Å². The van der Waals surface area contributed by atoms with Gasteiger partial charge in [-0.15, -0.1) is 0 Å². The standard InChI is InChI=1S/C6H12O4S.Na/c1-5(6(7)8)3-4-11(2,9)10;/h5H,3-4H2,1-2H3,(H,7,8);/q;+1/p-1. The van der Waals surface area contributed by atoms with Crippen LogP contribution in [0.15, 0.2) is 0 Å². The van der Waals surface area contributed by atoms with Crippen molar-refractivity contribution < 1.29 is 47.9 Å². The topological polar surface area (TPSA) is 74.3 Å².